The second-order valence-corrected chi connectivity index (χ2v) is 6.13. The molecule has 1 aromatic rings. The summed E-state index contributed by atoms with van der Waals surface area (Å²) < 4.78 is 5.18. The van der Waals surface area contributed by atoms with Gasteiger partial charge >= 0.3 is 5.97 Å². The van der Waals surface area contributed by atoms with Crippen LogP contribution in [0.15, 0.2) is 24.3 Å². The summed E-state index contributed by atoms with van der Waals surface area (Å²) in [7, 11) is 1.67. The molecule has 104 valence electrons. The predicted octanol–water partition coefficient (Wildman–Crippen LogP) is 3.54. The Balaban J connectivity index is 2.06. The normalized spacial score (nSPS) is 23.0. The third kappa shape index (κ3) is 3.90. The maximum atomic E-state index is 10.7. The molecule has 0 aromatic heterocycles. The molecule has 3 nitrogen and oxygen atoms in total. The number of carboxylic acids is 1. The molecule has 0 heterocycles. The molecule has 0 amide bonds. The van der Waals surface area contributed by atoms with Crippen LogP contribution >= 0.6 is 11.8 Å². The Morgan fingerprint density at radius 3 is 2.63 bits per heavy atom. The molecule has 0 spiro atoms. The van der Waals surface area contributed by atoms with Crippen LogP contribution in [0.1, 0.15) is 37.2 Å². The van der Waals surface area contributed by atoms with Gasteiger partial charge in [-0.15, -0.1) is 11.8 Å². The molecule has 4 heteroatoms. The number of carboxylic acid groups (broad SMARTS) is 1. The van der Waals surface area contributed by atoms with Crippen LogP contribution in [-0.4, -0.2) is 29.2 Å². The number of hydrogen-bond donors (Lipinski definition) is 1. The molecule has 0 saturated heterocycles. The van der Waals surface area contributed by atoms with E-state index in [9.17, 15) is 4.79 Å². The number of methoxy groups -OCH3 is 1. The third-order valence-electron chi connectivity index (χ3n) is 3.67. The van der Waals surface area contributed by atoms with Crippen LogP contribution in [-0.2, 0) is 4.79 Å². The summed E-state index contributed by atoms with van der Waals surface area (Å²) in [4.78, 5) is 10.7. The van der Waals surface area contributed by atoms with Crippen molar-refractivity contribution in [2.75, 3.05) is 12.9 Å². The first-order chi connectivity index (χ1) is 9.20. The Hall–Kier alpha value is -1.16. The van der Waals surface area contributed by atoms with E-state index < -0.39 is 5.97 Å². The van der Waals surface area contributed by atoms with E-state index in [1.165, 1.54) is 18.4 Å². The van der Waals surface area contributed by atoms with E-state index in [-0.39, 0.29) is 5.75 Å². The van der Waals surface area contributed by atoms with E-state index in [2.05, 4.69) is 12.1 Å². The summed E-state index contributed by atoms with van der Waals surface area (Å²) in [5.74, 6) is 0.833. The lowest BCUT2D eigenvalue weighted by molar-refractivity contribution is -0.133. The van der Waals surface area contributed by atoms with Crippen molar-refractivity contribution in [2.45, 2.75) is 36.9 Å². The molecule has 0 aliphatic heterocycles. The van der Waals surface area contributed by atoms with Crippen molar-refractivity contribution in [3.8, 4) is 5.75 Å². The van der Waals surface area contributed by atoms with Crippen LogP contribution in [0.3, 0.4) is 0 Å². The third-order valence-corrected chi connectivity index (χ3v) is 5.07. The molecule has 1 aliphatic rings. The van der Waals surface area contributed by atoms with Gasteiger partial charge in [-0.2, -0.15) is 0 Å². The summed E-state index contributed by atoms with van der Waals surface area (Å²) in [6.45, 7) is 0. The summed E-state index contributed by atoms with van der Waals surface area (Å²) in [5.41, 5.74) is 1.31. The number of carbonyl (C=O) groups is 1. The van der Waals surface area contributed by atoms with Crippen molar-refractivity contribution in [3.05, 3.63) is 29.8 Å². The summed E-state index contributed by atoms with van der Waals surface area (Å²) in [6.07, 6.45) is 4.73. The number of thioether (sulfide) groups is 1. The quantitative estimate of drug-likeness (QED) is 0.896. The Morgan fingerprint density at radius 2 is 2.00 bits per heavy atom. The smallest absolute Gasteiger partial charge is 0.313 e. The highest BCUT2D eigenvalue weighted by atomic mass is 32.2. The van der Waals surface area contributed by atoms with Crippen LogP contribution in [0.25, 0.3) is 0 Å². The van der Waals surface area contributed by atoms with Crippen molar-refractivity contribution in [1.29, 1.82) is 0 Å². The number of aliphatic carboxylic acids is 1. The second-order valence-electron chi connectivity index (χ2n) is 4.91. The zero-order valence-corrected chi connectivity index (χ0v) is 12.0. The maximum Gasteiger partial charge on any atom is 0.313 e. The Labute approximate surface area is 118 Å². The predicted molar refractivity (Wildman–Crippen MR) is 78.1 cm³/mol. The highest BCUT2D eigenvalue weighted by Gasteiger charge is 2.27. The molecule has 0 bridgehead atoms. The van der Waals surface area contributed by atoms with Gasteiger partial charge in [0.15, 0.2) is 0 Å². The zero-order chi connectivity index (χ0) is 13.7. The molecule has 0 radical (unpaired) electrons. The van der Waals surface area contributed by atoms with Crippen molar-refractivity contribution in [3.63, 3.8) is 0 Å². The fourth-order valence-corrected chi connectivity index (χ4v) is 3.92. The molecular weight excluding hydrogens is 260 g/mol. The fourth-order valence-electron chi connectivity index (χ4n) is 2.71. The van der Waals surface area contributed by atoms with Crippen LogP contribution < -0.4 is 4.74 Å². The summed E-state index contributed by atoms with van der Waals surface area (Å²) >= 11 is 1.59. The largest absolute Gasteiger partial charge is 0.497 e. The Kier molecular flexibility index (Phi) is 5.14. The first-order valence-electron chi connectivity index (χ1n) is 6.68. The Morgan fingerprint density at radius 1 is 1.32 bits per heavy atom. The minimum absolute atomic E-state index is 0.206. The van der Waals surface area contributed by atoms with E-state index in [0.717, 1.165) is 18.6 Å². The lowest BCUT2D eigenvalue weighted by atomic mass is 9.83. The average molecular weight is 280 g/mol. The van der Waals surface area contributed by atoms with Crippen LogP contribution in [0.2, 0.25) is 0 Å². The Bertz CT molecular complexity index is 416. The standard InChI is InChI=1S/C15H20O3S/c1-18-12-8-6-11(7-9-12)13-4-2-3-5-14(13)19-10-15(16)17/h6-9,13-14H,2-5,10H2,1H3,(H,16,17)/t13-,14-/m1/s1. The van der Waals surface area contributed by atoms with Gasteiger partial charge in [0.1, 0.15) is 5.75 Å². The van der Waals surface area contributed by atoms with Crippen molar-refractivity contribution in [1.82, 2.24) is 0 Å². The van der Waals surface area contributed by atoms with Gasteiger partial charge in [-0.05, 0) is 36.5 Å². The lowest BCUT2D eigenvalue weighted by Crippen LogP contribution is -2.21. The summed E-state index contributed by atoms with van der Waals surface area (Å²) in [5, 5.41) is 9.26. The van der Waals surface area contributed by atoms with Gasteiger partial charge in [0.2, 0.25) is 0 Å². The minimum Gasteiger partial charge on any atom is -0.497 e. The van der Waals surface area contributed by atoms with E-state index in [1.807, 2.05) is 12.1 Å². The van der Waals surface area contributed by atoms with Gasteiger partial charge in [0, 0.05) is 5.25 Å². The van der Waals surface area contributed by atoms with E-state index in [0.29, 0.717) is 11.2 Å². The van der Waals surface area contributed by atoms with Crippen molar-refractivity contribution < 1.29 is 14.6 Å². The maximum absolute atomic E-state index is 10.7. The molecule has 1 saturated carbocycles. The molecule has 2 rings (SSSR count). The lowest BCUT2D eigenvalue weighted by Gasteiger charge is -2.31. The first-order valence-corrected chi connectivity index (χ1v) is 7.73. The zero-order valence-electron chi connectivity index (χ0n) is 11.2. The van der Waals surface area contributed by atoms with Crippen molar-refractivity contribution >= 4 is 17.7 Å². The molecular formula is C15H20O3S. The molecule has 2 atom stereocenters. The highest BCUT2D eigenvalue weighted by molar-refractivity contribution is 8.00. The summed E-state index contributed by atoms with van der Waals surface area (Å²) in [6, 6.07) is 8.21. The molecule has 1 fully saturated rings. The highest BCUT2D eigenvalue weighted by Crippen LogP contribution is 2.40. The first kappa shape index (κ1) is 14.3. The monoisotopic (exact) mass is 280 g/mol. The second kappa shape index (κ2) is 6.85. The van der Waals surface area contributed by atoms with E-state index in [4.69, 9.17) is 9.84 Å². The average Bonchev–Trinajstić information content (AvgIpc) is 2.45. The number of ether oxygens (including phenoxy) is 1. The number of benzene rings is 1. The molecule has 1 N–H and O–H groups in total. The number of rotatable bonds is 5. The molecule has 0 unspecified atom stereocenters. The molecule has 19 heavy (non-hydrogen) atoms. The van der Waals surface area contributed by atoms with Gasteiger partial charge in [-0.1, -0.05) is 25.0 Å². The minimum atomic E-state index is -0.718. The molecule has 1 aliphatic carbocycles. The van der Waals surface area contributed by atoms with Crippen molar-refractivity contribution in [2.24, 2.45) is 0 Å². The van der Waals surface area contributed by atoms with Crippen LogP contribution in [0, 0.1) is 0 Å². The van der Waals surface area contributed by atoms with Crippen LogP contribution in [0.4, 0.5) is 0 Å². The fraction of sp³-hybridized carbons (Fsp3) is 0.533. The van der Waals surface area contributed by atoms with Gasteiger partial charge in [-0.25, -0.2) is 0 Å². The SMILES string of the molecule is COc1ccc([C@H]2CCCC[C@H]2SCC(=O)O)cc1. The topological polar surface area (TPSA) is 46.5 Å². The van der Waals surface area contributed by atoms with E-state index in [1.54, 1.807) is 18.9 Å². The van der Waals surface area contributed by atoms with Gasteiger partial charge in [0.05, 0.1) is 12.9 Å². The van der Waals surface area contributed by atoms with Gasteiger partial charge < -0.3 is 9.84 Å². The van der Waals surface area contributed by atoms with E-state index >= 15 is 0 Å². The van der Waals surface area contributed by atoms with Crippen LogP contribution in [0.5, 0.6) is 5.75 Å². The van der Waals surface area contributed by atoms with Gasteiger partial charge in [-0.3, -0.25) is 4.79 Å². The van der Waals surface area contributed by atoms with Gasteiger partial charge in [0.25, 0.3) is 0 Å². The number of hydrogen-bond acceptors (Lipinski definition) is 3. The molecule has 1 aromatic carbocycles.